The molecule has 1 saturated heterocycles. The lowest BCUT2D eigenvalue weighted by Crippen LogP contribution is -2.60. The van der Waals surface area contributed by atoms with Gasteiger partial charge in [0.1, 0.15) is 0 Å². The van der Waals surface area contributed by atoms with E-state index in [9.17, 15) is 9.59 Å². The van der Waals surface area contributed by atoms with Crippen LogP contribution in [0.15, 0.2) is 54.6 Å². The Morgan fingerprint density at radius 3 is 2.50 bits per heavy atom. The molecule has 5 heteroatoms. The van der Waals surface area contributed by atoms with Gasteiger partial charge in [-0.25, -0.2) is 0 Å². The number of fused-ring (bicyclic) bond motifs is 5. The van der Waals surface area contributed by atoms with Gasteiger partial charge in [0.05, 0.1) is 17.8 Å². The van der Waals surface area contributed by atoms with E-state index in [1.54, 1.807) is 12.1 Å². The van der Waals surface area contributed by atoms with Gasteiger partial charge in [0.2, 0.25) is 5.91 Å². The third-order valence-electron chi connectivity index (χ3n) is 6.73. The number of amides is 2. The second-order valence-corrected chi connectivity index (χ2v) is 8.33. The van der Waals surface area contributed by atoms with E-state index >= 15 is 0 Å². The van der Waals surface area contributed by atoms with E-state index in [0.29, 0.717) is 23.8 Å². The van der Waals surface area contributed by atoms with Crippen LogP contribution in [0.5, 0.6) is 0 Å². The summed E-state index contributed by atoms with van der Waals surface area (Å²) in [6.45, 7) is 1.47. The average Bonchev–Trinajstić information content (AvgIpc) is 3.24. The molecule has 144 valence electrons. The number of hydrogen-bond acceptors (Lipinski definition) is 3. The molecule has 2 aromatic rings. The minimum absolute atomic E-state index is 0.0406. The Labute approximate surface area is 165 Å². The molecule has 3 aliphatic rings. The van der Waals surface area contributed by atoms with Crippen molar-refractivity contribution in [2.45, 2.75) is 25.3 Å². The van der Waals surface area contributed by atoms with E-state index in [-0.39, 0.29) is 11.8 Å². The van der Waals surface area contributed by atoms with E-state index in [0.717, 1.165) is 30.0 Å². The van der Waals surface area contributed by atoms with Gasteiger partial charge in [-0.3, -0.25) is 14.5 Å². The Hall–Kier alpha value is -2.66. The number of carbonyl (C=O) groups excluding carboxylic acids is 2. The van der Waals surface area contributed by atoms with E-state index in [1.807, 2.05) is 42.5 Å². The van der Waals surface area contributed by atoms with Crippen molar-refractivity contribution in [1.29, 1.82) is 0 Å². The maximum Gasteiger partial charge on any atom is 0.257 e. The van der Waals surface area contributed by atoms with Crippen molar-refractivity contribution in [3.05, 3.63) is 60.2 Å². The molecular weight excluding hydrogens is 350 g/mol. The van der Waals surface area contributed by atoms with E-state index in [2.05, 4.69) is 15.5 Å². The fraction of sp³-hybridized carbons (Fsp3) is 0.391. The molecule has 0 radical (unpaired) electrons. The van der Waals surface area contributed by atoms with Crippen molar-refractivity contribution < 1.29 is 9.59 Å². The predicted molar refractivity (Wildman–Crippen MR) is 109 cm³/mol. The number of rotatable bonds is 5. The molecule has 2 aliphatic carbocycles. The van der Waals surface area contributed by atoms with Crippen molar-refractivity contribution in [3.63, 3.8) is 0 Å². The SMILES string of the molecule is O=C(CN1C[C@H]2[C@H]3CC[C@@H](C3)[C@H]21)Nc1ccccc1C(=O)Nc1ccccc1. The lowest BCUT2D eigenvalue weighted by molar-refractivity contribution is -0.122. The first-order valence-corrected chi connectivity index (χ1v) is 10.2. The van der Waals surface area contributed by atoms with Crippen LogP contribution in [0.1, 0.15) is 29.6 Å². The summed E-state index contributed by atoms with van der Waals surface area (Å²) in [5.74, 6) is 2.24. The summed E-state index contributed by atoms with van der Waals surface area (Å²) < 4.78 is 0. The van der Waals surface area contributed by atoms with Crippen molar-refractivity contribution in [3.8, 4) is 0 Å². The molecule has 0 aromatic heterocycles. The third-order valence-corrected chi connectivity index (χ3v) is 6.73. The fourth-order valence-corrected chi connectivity index (χ4v) is 5.51. The standard InChI is InChI=1S/C23H25N3O2/c27-21(14-26-13-19-15-10-11-16(12-15)22(19)26)25-20-9-5-4-8-18(20)23(28)24-17-6-2-1-3-7-17/h1-9,15-16,19,22H,10-14H2,(H,24,28)(H,25,27)/t15-,16-,19-,22+/m0/s1. The largest absolute Gasteiger partial charge is 0.324 e. The van der Waals surface area contributed by atoms with Gasteiger partial charge < -0.3 is 10.6 Å². The Morgan fingerprint density at radius 1 is 0.929 bits per heavy atom. The maximum atomic E-state index is 12.7. The van der Waals surface area contributed by atoms with E-state index in [4.69, 9.17) is 0 Å². The number of anilines is 2. The van der Waals surface area contributed by atoms with Gasteiger partial charge in [0.25, 0.3) is 5.91 Å². The van der Waals surface area contributed by atoms with Gasteiger partial charge in [0, 0.05) is 18.3 Å². The number of likely N-dealkylation sites (tertiary alicyclic amines) is 1. The molecule has 1 aliphatic heterocycles. The van der Waals surface area contributed by atoms with Crippen molar-refractivity contribution in [1.82, 2.24) is 4.90 Å². The summed E-state index contributed by atoms with van der Waals surface area (Å²) in [4.78, 5) is 27.7. The molecule has 0 spiro atoms. The first-order chi connectivity index (χ1) is 13.7. The highest BCUT2D eigenvalue weighted by atomic mass is 16.2. The molecule has 2 N–H and O–H groups in total. The van der Waals surface area contributed by atoms with Crippen LogP contribution in [-0.4, -0.2) is 35.8 Å². The Bertz CT molecular complexity index is 896. The summed E-state index contributed by atoms with van der Waals surface area (Å²) >= 11 is 0. The number of benzene rings is 2. The zero-order chi connectivity index (χ0) is 19.1. The first-order valence-electron chi connectivity index (χ1n) is 10.2. The highest BCUT2D eigenvalue weighted by molar-refractivity contribution is 6.10. The Balaban J connectivity index is 1.23. The molecule has 28 heavy (non-hydrogen) atoms. The molecule has 3 fully saturated rings. The molecule has 2 bridgehead atoms. The highest BCUT2D eigenvalue weighted by Crippen LogP contribution is 2.55. The van der Waals surface area contributed by atoms with Crippen LogP contribution in [0, 0.1) is 17.8 Å². The van der Waals surface area contributed by atoms with Crippen LogP contribution in [0.3, 0.4) is 0 Å². The molecule has 0 unspecified atom stereocenters. The molecule has 2 amide bonds. The first kappa shape index (κ1) is 17.4. The zero-order valence-electron chi connectivity index (χ0n) is 15.8. The number of hydrogen-bond donors (Lipinski definition) is 2. The number of nitrogens with zero attached hydrogens (tertiary/aromatic N) is 1. The lowest BCUT2D eigenvalue weighted by atomic mass is 9.77. The monoisotopic (exact) mass is 375 g/mol. The smallest absolute Gasteiger partial charge is 0.257 e. The van der Waals surface area contributed by atoms with Gasteiger partial charge in [-0.15, -0.1) is 0 Å². The summed E-state index contributed by atoms with van der Waals surface area (Å²) in [5, 5.41) is 5.84. The number of carbonyl (C=O) groups is 2. The van der Waals surface area contributed by atoms with Gasteiger partial charge in [0.15, 0.2) is 0 Å². The minimum Gasteiger partial charge on any atom is -0.324 e. The fourth-order valence-electron chi connectivity index (χ4n) is 5.51. The van der Waals surface area contributed by atoms with E-state index in [1.165, 1.54) is 19.3 Å². The number of nitrogens with one attached hydrogen (secondary N) is 2. The number of para-hydroxylation sites is 2. The molecular formula is C23H25N3O2. The molecule has 5 rings (SSSR count). The highest BCUT2D eigenvalue weighted by Gasteiger charge is 2.56. The molecule has 2 saturated carbocycles. The molecule has 1 heterocycles. The Morgan fingerprint density at radius 2 is 1.68 bits per heavy atom. The molecule has 4 atom stereocenters. The van der Waals surface area contributed by atoms with E-state index < -0.39 is 0 Å². The molecule has 2 aromatic carbocycles. The zero-order valence-corrected chi connectivity index (χ0v) is 15.8. The summed E-state index contributed by atoms with van der Waals surface area (Å²) in [6.07, 6.45) is 4.07. The van der Waals surface area contributed by atoms with Crippen LogP contribution < -0.4 is 10.6 Å². The second-order valence-electron chi connectivity index (χ2n) is 8.33. The van der Waals surface area contributed by atoms with Crippen molar-refractivity contribution >= 4 is 23.2 Å². The maximum absolute atomic E-state index is 12.7. The van der Waals surface area contributed by atoms with Crippen LogP contribution in [0.4, 0.5) is 11.4 Å². The quantitative estimate of drug-likeness (QED) is 0.839. The third kappa shape index (κ3) is 3.10. The average molecular weight is 375 g/mol. The van der Waals surface area contributed by atoms with Gasteiger partial charge in [-0.2, -0.15) is 0 Å². The van der Waals surface area contributed by atoms with Gasteiger partial charge >= 0.3 is 0 Å². The van der Waals surface area contributed by atoms with Crippen LogP contribution in [0.25, 0.3) is 0 Å². The minimum atomic E-state index is -0.223. The van der Waals surface area contributed by atoms with Crippen molar-refractivity contribution in [2.75, 3.05) is 23.7 Å². The summed E-state index contributed by atoms with van der Waals surface area (Å²) in [7, 11) is 0. The summed E-state index contributed by atoms with van der Waals surface area (Å²) in [6, 6.07) is 17.1. The van der Waals surface area contributed by atoms with Crippen LogP contribution >= 0.6 is 0 Å². The van der Waals surface area contributed by atoms with Crippen molar-refractivity contribution in [2.24, 2.45) is 17.8 Å². The van der Waals surface area contributed by atoms with Gasteiger partial charge in [-0.05, 0) is 61.3 Å². The van der Waals surface area contributed by atoms with Crippen LogP contribution in [-0.2, 0) is 4.79 Å². The van der Waals surface area contributed by atoms with Gasteiger partial charge in [-0.1, -0.05) is 30.3 Å². The predicted octanol–water partition coefficient (Wildman–Crippen LogP) is 3.61. The Kier molecular flexibility index (Phi) is 4.40. The van der Waals surface area contributed by atoms with Crippen LogP contribution in [0.2, 0.25) is 0 Å². The molecule has 5 nitrogen and oxygen atoms in total. The lowest BCUT2D eigenvalue weighted by Gasteiger charge is -2.50. The topological polar surface area (TPSA) is 61.4 Å². The summed E-state index contributed by atoms with van der Waals surface area (Å²) in [5.41, 5.74) is 1.77. The normalized spacial score (nSPS) is 27.7. The second kappa shape index (κ2) is 7.06.